The largest absolute Gasteiger partial charge is 0.481 e. The van der Waals surface area contributed by atoms with Crippen LogP contribution in [0.4, 0.5) is 0 Å². The van der Waals surface area contributed by atoms with Gasteiger partial charge in [0.2, 0.25) is 17.7 Å². The number of carboxylic acid groups (broad SMARTS) is 2. The number of amides is 3. The number of aromatic nitrogens is 2. The Balaban J connectivity index is 3.11. The summed E-state index contributed by atoms with van der Waals surface area (Å²) in [5, 5.41) is 26.0. The van der Waals surface area contributed by atoms with Crippen molar-refractivity contribution in [3.8, 4) is 0 Å². The Labute approximate surface area is 203 Å². The first-order chi connectivity index (χ1) is 16.4. The summed E-state index contributed by atoms with van der Waals surface area (Å²) in [6.07, 6.45) is 3.06. The van der Waals surface area contributed by atoms with E-state index in [0.717, 1.165) is 0 Å². The summed E-state index contributed by atoms with van der Waals surface area (Å²) in [6.45, 7) is 7.03. The minimum absolute atomic E-state index is 0.0788. The zero-order valence-electron chi connectivity index (χ0n) is 20.4. The summed E-state index contributed by atoms with van der Waals surface area (Å²) >= 11 is 0. The van der Waals surface area contributed by atoms with E-state index in [2.05, 4.69) is 25.9 Å². The molecule has 196 valence electrons. The first-order valence-electron chi connectivity index (χ1n) is 11.5. The maximum atomic E-state index is 13.0. The van der Waals surface area contributed by atoms with E-state index in [1.807, 2.05) is 6.92 Å². The molecule has 0 aliphatic heterocycles. The second-order valence-corrected chi connectivity index (χ2v) is 8.62. The molecule has 0 aliphatic carbocycles. The van der Waals surface area contributed by atoms with Crippen LogP contribution < -0.4 is 21.7 Å². The second kappa shape index (κ2) is 14.0. The second-order valence-electron chi connectivity index (χ2n) is 8.62. The summed E-state index contributed by atoms with van der Waals surface area (Å²) < 4.78 is 0. The Morgan fingerprint density at radius 2 is 1.51 bits per heavy atom. The van der Waals surface area contributed by atoms with E-state index in [4.69, 9.17) is 5.73 Å². The van der Waals surface area contributed by atoms with E-state index in [9.17, 15) is 34.2 Å². The molecule has 1 rings (SSSR count). The van der Waals surface area contributed by atoms with E-state index in [1.54, 1.807) is 20.8 Å². The van der Waals surface area contributed by atoms with Crippen molar-refractivity contribution in [2.75, 3.05) is 0 Å². The van der Waals surface area contributed by atoms with Gasteiger partial charge < -0.3 is 36.9 Å². The van der Waals surface area contributed by atoms with E-state index < -0.39 is 60.2 Å². The van der Waals surface area contributed by atoms with Gasteiger partial charge in [0.25, 0.3) is 0 Å². The number of H-pyrrole nitrogens is 1. The van der Waals surface area contributed by atoms with Crippen molar-refractivity contribution >= 4 is 29.7 Å². The monoisotopic (exact) mass is 496 g/mol. The van der Waals surface area contributed by atoms with Crippen LogP contribution in [0.1, 0.15) is 52.7 Å². The summed E-state index contributed by atoms with van der Waals surface area (Å²) in [5.41, 5.74) is 6.36. The normalized spacial score (nSPS) is 16.1. The van der Waals surface area contributed by atoms with Gasteiger partial charge in [-0.25, -0.2) is 9.78 Å². The maximum Gasteiger partial charge on any atom is 0.326 e. The quantitative estimate of drug-likeness (QED) is 0.164. The van der Waals surface area contributed by atoms with Crippen LogP contribution in [0.2, 0.25) is 0 Å². The van der Waals surface area contributed by atoms with Gasteiger partial charge in [0.15, 0.2) is 0 Å². The Morgan fingerprint density at radius 3 is 2.00 bits per heavy atom. The van der Waals surface area contributed by atoms with Crippen LogP contribution in [0.5, 0.6) is 0 Å². The number of hydrogen-bond acceptors (Lipinski definition) is 7. The molecular weight excluding hydrogens is 460 g/mol. The van der Waals surface area contributed by atoms with Gasteiger partial charge in [-0.1, -0.05) is 40.5 Å². The number of carbonyl (C=O) groups is 5. The molecule has 0 radical (unpaired) electrons. The van der Waals surface area contributed by atoms with E-state index in [-0.39, 0.29) is 18.3 Å². The molecule has 6 unspecified atom stereocenters. The Bertz CT molecular complexity index is 876. The lowest BCUT2D eigenvalue weighted by atomic mass is 9.98. The Morgan fingerprint density at radius 1 is 0.943 bits per heavy atom. The predicted molar refractivity (Wildman–Crippen MR) is 125 cm³/mol. The third-order valence-electron chi connectivity index (χ3n) is 5.96. The SMILES string of the molecule is CCC(C)C(N)C(=O)NC(CC(=O)O)C(=O)NC(Cc1cnc[nH]1)C(=O)NC(C(=O)O)C(C)CC. The molecule has 1 heterocycles. The summed E-state index contributed by atoms with van der Waals surface area (Å²) in [5.74, 6) is -5.58. The van der Waals surface area contributed by atoms with Crippen molar-refractivity contribution in [2.45, 2.75) is 77.5 Å². The van der Waals surface area contributed by atoms with Gasteiger partial charge in [0, 0.05) is 18.3 Å². The molecule has 0 saturated heterocycles. The molecule has 1 aromatic heterocycles. The van der Waals surface area contributed by atoms with Crippen LogP contribution in [0.25, 0.3) is 0 Å². The van der Waals surface area contributed by atoms with Crippen molar-refractivity contribution in [1.29, 1.82) is 0 Å². The van der Waals surface area contributed by atoms with Gasteiger partial charge >= 0.3 is 11.9 Å². The van der Waals surface area contributed by atoms with Crippen molar-refractivity contribution in [2.24, 2.45) is 17.6 Å². The summed E-state index contributed by atoms with van der Waals surface area (Å²) in [6, 6.07) is -4.93. The third kappa shape index (κ3) is 9.35. The Kier molecular flexibility index (Phi) is 11.9. The number of aliphatic carboxylic acids is 2. The molecule has 8 N–H and O–H groups in total. The maximum absolute atomic E-state index is 13.0. The van der Waals surface area contributed by atoms with Crippen LogP contribution in [-0.4, -0.2) is 74.0 Å². The minimum Gasteiger partial charge on any atom is -0.481 e. The number of aromatic amines is 1. The highest BCUT2D eigenvalue weighted by molar-refractivity contribution is 5.95. The molecule has 6 atom stereocenters. The van der Waals surface area contributed by atoms with Crippen molar-refractivity contribution in [3.63, 3.8) is 0 Å². The first-order valence-corrected chi connectivity index (χ1v) is 11.5. The van der Waals surface area contributed by atoms with Crippen molar-refractivity contribution in [1.82, 2.24) is 25.9 Å². The van der Waals surface area contributed by atoms with Gasteiger partial charge in [-0.2, -0.15) is 0 Å². The zero-order valence-corrected chi connectivity index (χ0v) is 20.4. The molecule has 3 amide bonds. The zero-order chi connectivity index (χ0) is 26.7. The molecule has 35 heavy (non-hydrogen) atoms. The number of carboxylic acids is 2. The fourth-order valence-electron chi connectivity index (χ4n) is 3.20. The highest BCUT2D eigenvalue weighted by atomic mass is 16.4. The number of rotatable bonds is 15. The molecule has 0 aromatic carbocycles. The Hall–Kier alpha value is -3.48. The van der Waals surface area contributed by atoms with Gasteiger partial charge in [-0.15, -0.1) is 0 Å². The molecule has 13 nitrogen and oxygen atoms in total. The molecule has 13 heteroatoms. The predicted octanol–water partition coefficient (Wildman–Crippen LogP) is -0.615. The molecule has 0 bridgehead atoms. The number of nitrogens with one attached hydrogen (secondary N) is 4. The van der Waals surface area contributed by atoms with Crippen molar-refractivity contribution < 1.29 is 34.2 Å². The fraction of sp³-hybridized carbons (Fsp3) is 0.636. The number of carbonyl (C=O) groups excluding carboxylic acids is 3. The standard InChI is InChI=1S/C22H36N6O7/c1-5-11(3)17(23)21(33)27-15(8-16(29)30)19(31)26-14(7-13-9-24-10-25-13)20(32)28-18(22(34)35)12(4)6-2/h9-12,14-15,17-18H,5-8,23H2,1-4H3,(H,24,25)(H,26,31)(H,27,33)(H,28,32)(H,29,30)(H,34,35). The van der Waals surface area contributed by atoms with Gasteiger partial charge in [0.05, 0.1) is 18.8 Å². The van der Waals surface area contributed by atoms with Crippen LogP contribution in [0.3, 0.4) is 0 Å². The summed E-state index contributed by atoms with van der Waals surface area (Å²) in [7, 11) is 0. The molecule has 0 spiro atoms. The lowest BCUT2D eigenvalue weighted by Crippen LogP contribution is -2.59. The van der Waals surface area contributed by atoms with E-state index in [1.165, 1.54) is 12.5 Å². The van der Waals surface area contributed by atoms with Crippen LogP contribution in [-0.2, 0) is 30.4 Å². The van der Waals surface area contributed by atoms with Gasteiger partial charge in [-0.3, -0.25) is 19.2 Å². The van der Waals surface area contributed by atoms with E-state index >= 15 is 0 Å². The van der Waals surface area contributed by atoms with Crippen molar-refractivity contribution in [3.05, 3.63) is 18.2 Å². The topological polar surface area (TPSA) is 217 Å². The van der Waals surface area contributed by atoms with Crippen LogP contribution >= 0.6 is 0 Å². The minimum atomic E-state index is -1.50. The summed E-state index contributed by atoms with van der Waals surface area (Å²) in [4.78, 5) is 68.1. The molecule has 0 aliphatic rings. The smallest absolute Gasteiger partial charge is 0.326 e. The van der Waals surface area contributed by atoms with Crippen LogP contribution in [0.15, 0.2) is 12.5 Å². The van der Waals surface area contributed by atoms with Crippen LogP contribution in [0, 0.1) is 11.8 Å². The van der Waals surface area contributed by atoms with E-state index in [0.29, 0.717) is 18.5 Å². The molecular formula is C22H36N6O7. The third-order valence-corrected chi connectivity index (χ3v) is 5.96. The molecule has 0 fully saturated rings. The highest BCUT2D eigenvalue weighted by Gasteiger charge is 2.33. The lowest BCUT2D eigenvalue weighted by Gasteiger charge is -2.26. The lowest BCUT2D eigenvalue weighted by molar-refractivity contribution is -0.144. The number of imidazole rings is 1. The number of nitrogens with zero attached hydrogens (tertiary/aromatic N) is 1. The molecule has 0 saturated carbocycles. The van der Waals surface area contributed by atoms with Gasteiger partial charge in [-0.05, 0) is 11.8 Å². The highest BCUT2D eigenvalue weighted by Crippen LogP contribution is 2.10. The average Bonchev–Trinajstić information content (AvgIpc) is 3.32. The number of nitrogens with two attached hydrogens (primary N) is 1. The first kappa shape index (κ1) is 29.6. The number of hydrogen-bond donors (Lipinski definition) is 7. The molecule has 1 aromatic rings. The average molecular weight is 497 g/mol. The fourth-order valence-corrected chi connectivity index (χ4v) is 3.20. The van der Waals surface area contributed by atoms with Gasteiger partial charge in [0.1, 0.15) is 18.1 Å².